The third kappa shape index (κ3) is 2.58. The van der Waals surface area contributed by atoms with E-state index in [1.165, 1.54) is 6.92 Å². The number of nitrogens with one attached hydrogen (secondary N) is 1. The van der Waals surface area contributed by atoms with Crippen LogP contribution in [-0.4, -0.2) is 16.8 Å². The summed E-state index contributed by atoms with van der Waals surface area (Å²) in [6.45, 7) is 3.15. The zero-order valence-corrected chi connectivity index (χ0v) is 8.11. The Bertz CT molecular complexity index is 355. The van der Waals surface area contributed by atoms with Gasteiger partial charge in [0.1, 0.15) is 0 Å². The second-order valence-electron chi connectivity index (χ2n) is 2.94. The second-order valence-corrected chi connectivity index (χ2v) is 2.94. The number of benzene rings is 1. The highest BCUT2D eigenvalue weighted by Crippen LogP contribution is 2.10. The first kappa shape index (κ1) is 10.2. The van der Waals surface area contributed by atoms with E-state index in [0.29, 0.717) is 5.71 Å². The third-order valence-corrected chi connectivity index (χ3v) is 1.77. The summed E-state index contributed by atoms with van der Waals surface area (Å²) in [7, 11) is 0. The number of hydrogen-bond acceptors (Lipinski definition) is 3. The summed E-state index contributed by atoms with van der Waals surface area (Å²) in [5, 5.41) is 14.2. The molecule has 0 radical (unpaired) electrons. The zero-order valence-electron chi connectivity index (χ0n) is 8.11. The highest BCUT2D eigenvalue weighted by Gasteiger charge is 1.98. The van der Waals surface area contributed by atoms with Crippen LogP contribution in [0.5, 0.6) is 0 Å². The molecule has 0 unspecified atom stereocenters. The Labute approximate surface area is 82.2 Å². The molecule has 4 heteroatoms. The number of oxime groups is 1. The largest absolute Gasteiger partial charge is 0.411 e. The lowest BCUT2D eigenvalue weighted by molar-refractivity contribution is -0.114. The van der Waals surface area contributed by atoms with Gasteiger partial charge in [0.25, 0.3) is 0 Å². The van der Waals surface area contributed by atoms with E-state index in [1.807, 2.05) is 0 Å². The van der Waals surface area contributed by atoms with Crippen molar-refractivity contribution in [2.45, 2.75) is 13.8 Å². The average Bonchev–Trinajstić information content (AvgIpc) is 2.17. The van der Waals surface area contributed by atoms with Crippen LogP contribution in [0.2, 0.25) is 0 Å². The van der Waals surface area contributed by atoms with E-state index in [2.05, 4.69) is 10.5 Å². The van der Waals surface area contributed by atoms with Gasteiger partial charge in [0.05, 0.1) is 5.71 Å². The average molecular weight is 192 g/mol. The molecule has 1 rings (SSSR count). The Morgan fingerprint density at radius 3 is 2.29 bits per heavy atom. The molecule has 0 aliphatic heterocycles. The van der Waals surface area contributed by atoms with Gasteiger partial charge in [-0.25, -0.2) is 0 Å². The summed E-state index contributed by atoms with van der Waals surface area (Å²) in [4.78, 5) is 10.7. The second kappa shape index (κ2) is 4.41. The van der Waals surface area contributed by atoms with Crippen LogP contribution in [0.15, 0.2) is 29.4 Å². The topological polar surface area (TPSA) is 61.7 Å². The molecule has 0 heterocycles. The first-order valence-corrected chi connectivity index (χ1v) is 4.20. The van der Waals surface area contributed by atoms with Crippen LogP contribution in [-0.2, 0) is 4.79 Å². The van der Waals surface area contributed by atoms with E-state index in [-0.39, 0.29) is 5.91 Å². The van der Waals surface area contributed by atoms with Crippen LogP contribution >= 0.6 is 0 Å². The number of anilines is 1. The van der Waals surface area contributed by atoms with E-state index in [4.69, 9.17) is 5.21 Å². The van der Waals surface area contributed by atoms with Gasteiger partial charge >= 0.3 is 0 Å². The van der Waals surface area contributed by atoms with Crippen LogP contribution in [0.25, 0.3) is 0 Å². The predicted molar refractivity (Wildman–Crippen MR) is 54.7 cm³/mol. The van der Waals surface area contributed by atoms with Gasteiger partial charge in [-0.1, -0.05) is 17.3 Å². The lowest BCUT2D eigenvalue weighted by Crippen LogP contribution is -2.05. The quantitative estimate of drug-likeness (QED) is 0.426. The minimum absolute atomic E-state index is 0.106. The zero-order chi connectivity index (χ0) is 10.6. The highest BCUT2D eigenvalue weighted by molar-refractivity contribution is 5.98. The van der Waals surface area contributed by atoms with Gasteiger partial charge in [-0.05, 0) is 24.6 Å². The number of amides is 1. The summed E-state index contributed by atoms with van der Waals surface area (Å²) >= 11 is 0. The van der Waals surface area contributed by atoms with Crippen LogP contribution in [0.4, 0.5) is 5.69 Å². The Balaban J connectivity index is 2.83. The minimum atomic E-state index is -0.106. The first-order valence-electron chi connectivity index (χ1n) is 4.20. The maximum atomic E-state index is 10.7. The molecule has 0 saturated heterocycles. The van der Waals surface area contributed by atoms with Crippen molar-refractivity contribution >= 4 is 17.3 Å². The van der Waals surface area contributed by atoms with Gasteiger partial charge < -0.3 is 10.5 Å². The van der Waals surface area contributed by atoms with Gasteiger partial charge in [-0.3, -0.25) is 4.79 Å². The van der Waals surface area contributed by atoms with E-state index >= 15 is 0 Å². The lowest BCUT2D eigenvalue weighted by Gasteiger charge is -2.02. The van der Waals surface area contributed by atoms with Crippen LogP contribution in [0.3, 0.4) is 0 Å². The van der Waals surface area contributed by atoms with Gasteiger partial charge in [0.2, 0.25) is 5.91 Å². The van der Waals surface area contributed by atoms with Crippen molar-refractivity contribution < 1.29 is 10.0 Å². The Morgan fingerprint density at radius 1 is 1.29 bits per heavy atom. The molecule has 74 valence electrons. The SMILES string of the molecule is CC(=O)Nc1ccc(/C(C)=N\O)cc1. The summed E-state index contributed by atoms with van der Waals surface area (Å²) in [6, 6.07) is 7.07. The molecule has 1 aromatic rings. The molecule has 0 aromatic heterocycles. The molecule has 1 aromatic carbocycles. The fourth-order valence-corrected chi connectivity index (χ4v) is 1.06. The molecule has 4 nitrogen and oxygen atoms in total. The molecule has 0 spiro atoms. The molecule has 0 atom stereocenters. The lowest BCUT2D eigenvalue weighted by atomic mass is 10.1. The monoisotopic (exact) mass is 192 g/mol. The fraction of sp³-hybridized carbons (Fsp3) is 0.200. The molecule has 0 saturated carbocycles. The third-order valence-electron chi connectivity index (χ3n) is 1.77. The highest BCUT2D eigenvalue weighted by atomic mass is 16.4. The fourth-order valence-electron chi connectivity index (χ4n) is 1.06. The van der Waals surface area contributed by atoms with Crippen molar-refractivity contribution in [1.29, 1.82) is 0 Å². The Kier molecular flexibility index (Phi) is 3.23. The van der Waals surface area contributed by atoms with E-state index in [1.54, 1.807) is 31.2 Å². The van der Waals surface area contributed by atoms with E-state index < -0.39 is 0 Å². The molecule has 14 heavy (non-hydrogen) atoms. The molecule has 0 bridgehead atoms. The number of carbonyl (C=O) groups excluding carboxylic acids is 1. The van der Waals surface area contributed by atoms with Crippen LogP contribution in [0.1, 0.15) is 19.4 Å². The van der Waals surface area contributed by atoms with Crippen molar-refractivity contribution in [3.8, 4) is 0 Å². The van der Waals surface area contributed by atoms with Crippen molar-refractivity contribution in [2.24, 2.45) is 5.16 Å². The van der Waals surface area contributed by atoms with Crippen molar-refractivity contribution in [2.75, 3.05) is 5.32 Å². The standard InChI is InChI=1S/C10H12N2O2/c1-7(12-14)9-3-5-10(6-4-9)11-8(2)13/h3-6,14H,1-2H3,(H,11,13)/b12-7-. The summed E-state index contributed by atoms with van der Waals surface area (Å²) in [6.07, 6.45) is 0. The predicted octanol–water partition coefficient (Wildman–Crippen LogP) is 1.84. The number of hydrogen-bond donors (Lipinski definition) is 2. The number of rotatable bonds is 2. The van der Waals surface area contributed by atoms with Gasteiger partial charge in [0, 0.05) is 12.6 Å². The molecule has 0 fully saturated rings. The molecular formula is C10H12N2O2. The van der Waals surface area contributed by atoms with Crippen molar-refractivity contribution in [3.63, 3.8) is 0 Å². The molecule has 2 N–H and O–H groups in total. The molecule has 0 aliphatic rings. The summed E-state index contributed by atoms with van der Waals surface area (Å²) in [5.74, 6) is -0.106. The van der Waals surface area contributed by atoms with E-state index in [9.17, 15) is 4.79 Å². The Morgan fingerprint density at radius 2 is 1.86 bits per heavy atom. The smallest absolute Gasteiger partial charge is 0.221 e. The minimum Gasteiger partial charge on any atom is -0.411 e. The molecule has 0 aliphatic carbocycles. The van der Waals surface area contributed by atoms with E-state index in [0.717, 1.165) is 11.3 Å². The summed E-state index contributed by atoms with van der Waals surface area (Å²) in [5.41, 5.74) is 2.09. The van der Waals surface area contributed by atoms with Gasteiger partial charge in [-0.15, -0.1) is 0 Å². The molecular weight excluding hydrogens is 180 g/mol. The first-order chi connectivity index (χ1) is 6.63. The van der Waals surface area contributed by atoms with Gasteiger partial charge in [-0.2, -0.15) is 0 Å². The normalized spacial score (nSPS) is 11.1. The van der Waals surface area contributed by atoms with Crippen LogP contribution < -0.4 is 5.32 Å². The van der Waals surface area contributed by atoms with Gasteiger partial charge in [0.15, 0.2) is 0 Å². The maximum absolute atomic E-state index is 10.7. The van der Waals surface area contributed by atoms with Crippen molar-refractivity contribution in [1.82, 2.24) is 0 Å². The summed E-state index contributed by atoms with van der Waals surface area (Å²) < 4.78 is 0. The maximum Gasteiger partial charge on any atom is 0.221 e. The number of carbonyl (C=O) groups is 1. The van der Waals surface area contributed by atoms with Crippen molar-refractivity contribution in [3.05, 3.63) is 29.8 Å². The molecule has 1 amide bonds. The van der Waals surface area contributed by atoms with Crippen LogP contribution in [0, 0.1) is 0 Å². The number of nitrogens with zero attached hydrogens (tertiary/aromatic N) is 1. The Hall–Kier alpha value is -1.84.